The average Bonchev–Trinajstić information content (AvgIpc) is 2.69. The largest absolute Gasteiger partial charge is 0.291 e. The molecular weight excluding hydrogens is 334 g/mol. The molecule has 1 aromatic heterocycles. The molecule has 0 aliphatic rings. The second kappa shape index (κ2) is 6.75. The summed E-state index contributed by atoms with van der Waals surface area (Å²) in [4.78, 5) is 12.5. The van der Waals surface area contributed by atoms with E-state index >= 15 is 0 Å². The number of anilines is 3. The summed E-state index contributed by atoms with van der Waals surface area (Å²) in [7, 11) is 0. The predicted molar refractivity (Wildman–Crippen MR) is 101 cm³/mol. The molecule has 0 aliphatic carbocycles. The number of nitrogens with one attached hydrogen (secondary N) is 1. The molecule has 3 aromatic carbocycles. The first-order valence-electron chi connectivity index (χ1n) is 7.74. The molecule has 0 saturated heterocycles. The van der Waals surface area contributed by atoms with E-state index in [2.05, 4.69) is 20.4 Å². The van der Waals surface area contributed by atoms with Crippen LogP contribution in [0, 0.1) is 0 Å². The zero-order valence-corrected chi connectivity index (χ0v) is 13.9. The smallest absolute Gasteiger partial charge is 0.252 e. The molecule has 5 nitrogen and oxygen atoms in total. The number of halogens is 1. The minimum absolute atomic E-state index is 0.492. The molecule has 0 amide bonds. The Morgan fingerprint density at radius 3 is 2.20 bits per heavy atom. The van der Waals surface area contributed by atoms with E-state index < -0.39 is 0 Å². The van der Waals surface area contributed by atoms with Gasteiger partial charge in [-0.25, -0.2) is 9.99 Å². The molecule has 0 spiro atoms. The highest BCUT2D eigenvalue weighted by Crippen LogP contribution is 2.34. The van der Waals surface area contributed by atoms with E-state index in [1.165, 1.54) is 12.7 Å². The van der Waals surface area contributed by atoms with E-state index in [4.69, 9.17) is 11.6 Å². The number of hydrogen-bond acceptors (Lipinski definition) is 5. The summed E-state index contributed by atoms with van der Waals surface area (Å²) in [6, 6.07) is 21.7. The van der Waals surface area contributed by atoms with Gasteiger partial charge >= 0.3 is 0 Å². The number of aromatic nitrogens is 3. The number of rotatable bonds is 4. The highest BCUT2D eigenvalue weighted by atomic mass is 35.5. The number of para-hydroxylation sites is 1. The maximum absolute atomic E-state index is 6.36. The SMILES string of the molecule is Clc1ccc(N(Nc2ccccc2)c2ncncn2)c2ccccc12. The van der Waals surface area contributed by atoms with Gasteiger partial charge in [-0.1, -0.05) is 54.1 Å². The van der Waals surface area contributed by atoms with Crippen molar-refractivity contribution in [3.8, 4) is 0 Å². The minimum Gasteiger partial charge on any atom is -0.291 e. The molecular formula is C19H14ClN5. The van der Waals surface area contributed by atoms with Crippen molar-refractivity contribution in [2.45, 2.75) is 0 Å². The van der Waals surface area contributed by atoms with E-state index in [1.54, 1.807) is 0 Å². The first kappa shape index (κ1) is 15.4. The van der Waals surface area contributed by atoms with E-state index in [-0.39, 0.29) is 0 Å². The number of hydrogen-bond donors (Lipinski definition) is 1. The maximum atomic E-state index is 6.36. The van der Waals surface area contributed by atoms with E-state index in [0.29, 0.717) is 11.0 Å². The van der Waals surface area contributed by atoms with Crippen molar-refractivity contribution in [3.05, 3.63) is 84.4 Å². The summed E-state index contributed by atoms with van der Waals surface area (Å²) < 4.78 is 0. The fraction of sp³-hybridized carbons (Fsp3) is 0. The van der Waals surface area contributed by atoms with E-state index in [0.717, 1.165) is 22.1 Å². The molecule has 0 fully saturated rings. The molecule has 0 aliphatic heterocycles. The summed E-state index contributed by atoms with van der Waals surface area (Å²) in [5.41, 5.74) is 5.18. The molecule has 4 rings (SSSR count). The van der Waals surface area contributed by atoms with Crippen LogP contribution < -0.4 is 10.4 Å². The van der Waals surface area contributed by atoms with Crippen LogP contribution in [0.25, 0.3) is 10.8 Å². The van der Waals surface area contributed by atoms with Crippen LogP contribution >= 0.6 is 11.6 Å². The third-order valence-electron chi connectivity index (χ3n) is 3.78. The second-order valence-corrected chi connectivity index (χ2v) is 5.77. The highest BCUT2D eigenvalue weighted by Gasteiger charge is 2.16. The van der Waals surface area contributed by atoms with Gasteiger partial charge in [0.15, 0.2) is 0 Å². The minimum atomic E-state index is 0.492. The Labute approximate surface area is 149 Å². The van der Waals surface area contributed by atoms with Crippen molar-refractivity contribution in [3.63, 3.8) is 0 Å². The van der Waals surface area contributed by atoms with Crippen LogP contribution in [0.3, 0.4) is 0 Å². The Kier molecular flexibility index (Phi) is 4.14. The number of nitrogens with zero attached hydrogens (tertiary/aromatic N) is 4. The third kappa shape index (κ3) is 3.09. The molecule has 0 unspecified atom stereocenters. The van der Waals surface area contributed by atoms with Crippen molar-refractivity contribution >= 4 is 39.7 Å². The first-order valence-corrected chi connectivity index (χ1v) is 8.12. The van der Waals surface area contributed by atoms with Crippen LogP contribution in [0.4, 0.5) is 17.3 Å². The summed E-state index contributed by atoms with van der Waals surface area (Å²) in [6.07, 6.45) is 2.94. The fourth-order valence-electron chi connectivity index (χ4n) is 2.65. The molecule has 0 bridgehead atoms. The zero-order valence-electron chi connectivity index (χ0n) is 13.2. The van der Waals surface area contributed by atoms with Crippen molar-refractivity contribution in [2.75, 3.05) is 10.4 Å². The third-order valence-corrected chi connectivity index (χ3v) is 4.11. The summed E-state index contributed by atoms with van der Waals surface area (Å²) in [6.45, 7) is 0. The average molecular weight is 348 g/mol. The lowest BCUT2D eigenvalue weighted by atomic mass is 10.1. The Morgan fingerprint density at radius 2 is 1.44 bits per heavy atom. The monoisotopic (exact) mass is 347 g/mol. The predicted octanol–water partition coefficient (Wildman–Crippen LogP) is 4.84. The molecule has 25 heavy (non-hydrogen) atoms. The zero-order chi connectivity index (χ0) is 17.1. The van der Waals surface area contributed by atoms with Gasteiger partial charge < -0.3 is 0 Å². The van der Waals surface area contributed by atoms with Gasteiger partial charge in [0.2, 0.25) is 0 Å². The fourth-order valence-corrected chi connectivity index (χ4v) is 2.88. The van der Waals surface area contributed by atoms with Crippen molar-refractivity contribution < 1.29 is 0 Å². The lowest BCUT2D eigenvalue weighted by Crippen LogP contribution is -2.26. The Bertz CT molecular complexity index is 992. The van der Waals surface area contributed by atoms with Crippen LogP contribution in [0.2, 0.25) is 5.02 Å². The first-order chi connectivity index (χ1) is 12.3. The van der Waals surface area contributed by atoms with Gasteiger partial charge in [0, 0.05) is 15.8 Å². The lowest BCUT2D eigenvalue weighted by molar-refractivity contribution is 0.977. The summed E-state index contributed by atoms with van der Waals surface area (Å²) in [5, 5.41) is 4.50. The van der Waals surface area contributed by atoms with Crippen LogP contribution in [-0.2, 0) is 0 Å². The number of fused-ring (bicyclic) bond motifs is 1. The van der Waals surface area contributed by atoms with E-state index in [1.807, 2.05) is 71.7 Å². The van der Waals surface area contributed by atoms with Gasteiger partial charge in [-0.05, 0) is 24.3 Å². The molecule has 0 atom stereocenters. The van der Waals surface area contributed by atoms with Gasteiger partial charge in [-0.15, -0.1) is 0 Å². The topological polar surface area (TPSA) is 53.9 Å². The molecule has 1 N–H and O–H groups in total. The Morgan fingerprint density at radius 1 is 0.760 bits per heavy atom. The molecule has 122 valence electrons. The standard InChI is InChI=1S/C19H14ClN5/c20-17-10-11-18(16-9-5-4-8-15(16)17)25(19-22-12-21-13-23-19)24-14-6-2-1-3-7-14/h1-13,24H. The van der Waals surface area contributed by atoms with Gasteiger partial charge in [0.05, 0.1) is 11.4 Å². The van der Waals surface area contributed by atoms with Crippen LogP contribution in [0.1, 0.15) is 0 Å². The van der Waals surface area contributed by atoms with Crippen LogP contribution in [0.5, 0.6) is 0 Å². The normalized spacial score (nSPS) is 10.6. The van der Waals surface area contributed by atoms with Gasteiger partial charge in [0.1, 0.15) is 12.7 Å². The molecule has 0 saturated carbocycles. The van der Waals surface area contributed by atoms with Gasteiger partial charge in [0.25, 0.3) is 5.95 Å². The van der Waals surface area contributed by atoms with Crippen molar-refractivity contribution in [2.24, 2.45) is 0 Å². The molecule has 6 heteroatoms. The summed E-state index contributed by atoms with van der Waals surface area (Å²) in [5.74, 6) is 0.492. The number of benzene rings is 3. The van der Waals surface area contributed by atoms with Crippen molar-refractivity contribution in [1.29, 1.82) is 0 Å². The summed E-state index contributed by atoms with van der Waals surface area (Å²) >= 11 is 6.36. The molecule has 1 heterocycles. The molecule has 0 radical (unpaired) electrons. The van der Waals surface area contributed by atoms with Crippen LogP contribution in [-0.4, -0.2) is 15.0 Å². The van der Waals surface area contributed by atoms with Crippen molar-refractivity contribution in [1.82, 2.24) is 15.0 Å². The Balaban J connectivity index is 1.88. The second-order valence-electron chi connectivity index (χ2n) is 5.36. The number of hydrazine groups is 1. The lowest BCUT2D eigenvalue weighted by Gasteiger charge is -2.25. The van der Waals surface area contributed by atoms with Crippen LogP contribution in [0.15, 0.2) is 79.4 Å². The van der Waals surface area contributed by atoms with Gasteiger partial charge in [-0.3, -0.25) is 5.43 Å². The maximum Gasteiger partial charge on any atom is 0.252 e. The highest BCUT2D eigenvalue weighted by molar-refractivity contribution is 6.36. The Hall–Kier alpha value is -3.18. The van der Waals surface area contributed by atoms with E-state index in [9.17, 15) is 0 Å². The molecule has 4 aromatic rings. The van der Waals surface area contributed by atoms with Gasteiger partial charge in [-0.2, -0.15) is 9.97 Å². The quantitative estimate of drug-likeness (QED) is 0.535.